The van der Waals surface area contributed by atoms with Crippen LogP contribution >= 0.6 is 0 Å². The number of imidazole rings is 1. The maximum Gasteiger partial charge on any atom is 0.287 e. The van der Waals surface area contributed by atoms with E-state index in [-0.39, 0.29) is 17.6 Å². The Bertz CT molecular complexity index is 908. The lowest BCUT2D eigenvalue weighted by Crippen LogP contribution is -2.33. The molecule has 144 valence electrons. The highest BCUT2D eigenvalue weighted by molar-refractivity contribution is 6.05. The number of nitrogens with zero attached hydrogens (tertiary/aromatic N) is 2. The molecule has 0 radical (unpaired) electrons. The lowest BCUT2D eigenvalue weighted by molar-refractivity contribution is 0.0927. The van der Waals surface area contributed by atoms with Gasteiger partial charge in [0, 0.05) is 12.6 Å². The fourth-order valence-electron chi connectivity index (χ4n) is 3.03. The van der Waals surface area contributed by atoms with E-state index >= 15 is 0 Å². The second-order valence-corrected chi connectivity index (χ2v) is 6.64. The minimum absolute atomic E-state index is 0.0206. The summed E-state index contributed by atoms with van der Waals surface area (Å²) in [4.78, 5) is 29.1. The Kier molecular flexibility index (Phi) is 5.20. The van der Waals surface area contributed by atoms with Crippen LogP contribution in [-0.2, 0) is 13.0 Å². The molecule has 0 spiro atoms. The third kappa shape index (κ3) is 3.67. The zero-order valence-electron chi connectivity index (χ0n) is 14.9. The van der Waals surface area contributed by atoms with Gasteiger partial charge in [-0.1, -0.05) is 0 Å². The molecule has 9 heteroatoms. The first-order valence-electron chi connectivity index (χ1n) is 8.64. The van der Waals surface area contributed by atoms with E-state index in [1.165, 1.54) is 0 Å². The molecule has 1 aliphatic rings. The van der Waals surface area contributed by atoms with E-state index in [1.54, 1.807) is 18.4 Å². The average molecular weight is 380 g/mol. The highest BCUT2D eigenvalue weighted by atomic mass is 19.2. The molecule has 2 heterocycles. The molecule has 6 nitrogen and oxygen atoms in total. The molecule has 3 rings (SSSR count). The van der Waals surface area contributed by atoms with Crippen LogP contribution in [0.5, 0.6) is 0 Å². The Balaban J connectivity index is 1.94. The number of carbonyl (C=O) groups excluding carboxylic acids is 2. The topological polar surface area (TPSA) is 76.0 Å². The molecule has 1 aromatic carbocycles. The van der Waals surface area contributed by atoms with Gasteiger partial charge in [0.1, 0.15) is 0 Å². The molecule has 2 amide bonds. The minimum Gasteiger partial charge on any atom is -0.347 e. The van der Waals surface area contributed by atoms with Crippen molar-refractivity contribution in [3.63, 3.8) is 0 Å². The van der Waals surface area contributed by atoms with Crippen molar-refractivity contribution < 1.29 is 22.8 Å². The van der Waals surface area contributed by atoms with E-state index in [1.807, 2.05) is 0 Å². The monoisotopic (exact) mass is 380 g/mol. The zero-order chi connectivity index (χ0) is 19.7. The van der Waals surface area contributed by atoms with Crippen molar-refractivity contribution in [3.05, 3.63) is 46.8 Å². The van der Waals surface area contributed by atoms with Gasteiger partial charge in [-0.15, -0.1) is 0 Å². The van der Waals surface area contributed by atoms with Crippen molar-refractivity contribution in [2.45, 2.75) is 45.7 Å². The van der Waals surface area contributed by atoms with Gasteiger partial charge >= 0.3 is 0 Å². The first-order chi connectivity index (χ1) is 12.8. The number of aromatic nitrogens is 2. The zero-order valence-corrected chi connectivity index (χ0v) is 14.9. The molecule has 0 saturated heterocycles. The highest BCUT2D eigenvalue weighted by Crippen LogP contribution is 2.24. The third-order valence-electron chi connectivity index (χ3n) is 4.24. The van der Waals surface area contributed by atoms with Gasteiger partial charge in [0.15, 0.2) is 29.0 Å². The van der Waals surface area contributed by atoms with Gasteiger partial charge in [-0.05, 0) is 45.2 Å². The Morgan fingerprint density at radius 1 is 1.11 bits per heavy atom. The number of rotatable bonds is 4. The van der Waals surface area contributed by atoms with Gasteiger partial charge in [-0.25, -0.2) is 18.2 Å². The van der Waals surface area contributed by atoms with Gasteiger partial charge in [0.25, 0.3) is 11.8 Å². The van der Waals surface area contributed by atoms with E-state index < -0.39 is 35.0 Å². The molecule has 0 bridgehead atoms. The summed E-state index contributed by atoms with van der Waals surface area (Å²) in [5, 5.41) is 4.94. The lowest BCUT2D eigenvalue weighted by Gasteiger charge is -2.17. The van der Waals surface area contributed by atoms with Crippen LogP contribution in [-0.4, -0.2) is 27.4 Å². The molecule has 0 atom stereocenters. The fraction of sp³-hybridized carbons (Fsp3) is 0.389. The second-order valence-electron chi connectivity index (χ2n) is 6.64. The SMILES string of the molecule is CC(C)NC(=O)c1nc(C(=O)Nc2ccc(F)c(F)c2F)c2n1CCCC2. The summed E-state index contributed by atoms with van der Waals surface area (Å²) in [6, 6.07) is 1.54. The van der Waals surface area contributed by atoms with Crippen LogP contribution in [0.15, 0.2) is 12.1 Å². The van der Waals surface area contributed by atoms with E-state index in [4.69, 9.17) is 0 Å². The summed E-state index contributed by atoms with van der Waals surface area (Å²) in [5.41, 5.74) is 0.0491. The number of fused-ring (bicyclic) bond motifs is 1. The van der Waals surface area contributed by atoms with E-state index in [0.717, 1.165) is 25.0 Å². The molecular formula is C18H19F3N4O2. The quantitative estimate of drug-likeness (QED) is 0.801. The largest absolute Gasteiger partial charge is 0.347 e. The minimum atomic E-state index is -1.67. The Labute approximate surface area is 153 Å². The summed E-state index contributed by atoms with van der Waals surface area (Å²) >= 11 is 0. The van der Waals surface area contributed by atoms with Crippen molar-refractivity contribution in [1.82, 2.24) is 14.9 Å². The number of carbonyl (C=O) groups is 2. The van der Waals surface area contributed by atoms with Crippen molar-refractivity contribution in [1.29, 1.82) is 0 Å². The molecular weight excluding hydrogens is 361 g/mol. The Morgan fingerprint density at radius 3 is 2.56 bits per heavy atom. The number of benzene rings is 1. The van der Waals surface area contributed by atoms with Crippen LogP contribution < -0.4 is 10.6 Å². The Hall–Kier alpha value is -2.84. The standard InChI is InChI=1S/C18H19F3N4O2/c1-9(2)22-18(27)16-24-15(12-5-3-4-8-25(12)16)17(26)23-11-7-6-10(19)13(20)14(11)21/h6-7,9H,3-5,8H2,1-2H3,(H,22,27)(H,23,26). The molecule has 27 heavy (non-hydrogen) atoms. The van der Waals surface area contributed by atoms with Crippen molar-refractivity contribution in [2.75, 3.05) is 5.32 Å². The van der Waals surface area contributed by atoms with Crippen LogP contribution in [0.25, 0.3) is 0 Å². The maximum absolute atomic E-state index is 13.8. The van der Waals surface area contributed by atoms with Gasteiger partial charge in [0.05, 0.1) is 11.4 Å². The second kappa shape index (κ2) is 7.42. The van der Waals surface area contributed by atoms with Gasteiger partial charge in [-0.3, -0.25) is 9.59 Å². The number of nitrogens with one attached hydrogen (secondary N) is 2. The maximum atomic E-state index is 13.8. The molecule has 0 fully saturated rings. The number of amides is 2. The third-order valence-corrected chi connectivity index (χ3v) is 4.24. The number of hydrogen-bond donors (Lipinski definition) is 2. The van der Waals surface area contributed by atoms with E-state index in [2.05, 4.69) is 15.6 Å². The van der Waals surface area contributed by atoms with E-state index in [0.29, 0.717) is 18.7 Å². The predicted molar refractivity (Wildman–Crippen MR) is 92.0 cm³/mol. The van der Waals surface area contributed by atoms with Crippen LogP contribution in [0, 0.1) is 17.5 Å². The molecule has 0 aliphatic carbocycles. The van der Waals surface area contributed by atoms with E-state index in [9.17, 15) is 22.8 Å². The fourth-order valence-corrected chi connectivity index (χ4v) is 3.03. The summed E-state index contributed by atoms with van der Waals surface area (Å²) in [6.45, 7) is 4.14. The first-order valence-corrected chi connectivity index (χ1v) is 8.64. The molecule has 1 aliphatic heterocycles. The molecule has 2 N–H and O–H groups in total. The van der Waals surface area contributed by atoms with Gasteiger partial charge in [-0.2, -0.15) is 0 Å². The van der Waals surface area contributed by atoms with Gasteiger partial charge < -0.3 is 15.2 Å². The number of hydrogen-bond acceptors (Lipinski definition) is 3. The molecule has 1 aromatic heterocycles. The number of anilines is 1. The lowest BCUT2D eigenvalue weighted by atomic mass is 10.1. The molecule has 0 saturated carbocycles. The van der Waals surface area contributed by atoms with Crippen LogP contribution in [0.4, 0.5) is 18.9 Å². The summed E-state index contributed by atoms with van der Waals surface area (Å²) in [7, 11) is 0. The van der Waals surface area contributed by atoms with Crippen LogP contribution in [0.3, 0.4) is 0 Å². The normalized spacial score (nSPS) is 13.4. The van der Waals surface area contributed by atoms with Crippen molar-refractivity contribution in [2.24, 2.45) is 0 Å². The van der Waals surface area contributed by atoms with Crippen LogP contribution in [0.1, 0.15) is 53.5 Å². The summed E-state index contributed by atoms with van der Waals surface area (Å²) < 4.78 is 41.9. The Morgan fingerprint density at radius 2 is 1.85 bits per heavy atom. The number of halogens is 3. The molecule has 2 aromatic rings. The predicted octanol–water partition coefficient (Wildman–Crippen LogP) is 3.03. The average Bonchev–Trinajstić information content (AvgIpc) is 3.01. The summed E-state index contributed by atoms with van der Waals surface area (Å²) in [6.07, 6.45) is 2.19. The van der Waals surface area contributed by atoms with Gasteiger partial charge in [0.2, 0.25) is 0 Å². The smallest absolute Gasteiger partial charge is 0.287 e. The molecule has 0 unspecified atom stereocenters. The van der Waals surface area contributed by atoms with Crippen LogP contribution in [0.2, 0.25) is 0 Å². The van der Waals surface area contributed by atoms with Crippen molar-refractivity contribution >= 4 is 17.5 Å². The highest BCUT2D eigenvalue weighted by Gasteiger charge is 2.28. The first kappa shape index (κ1) is 18.9. The van der Waals surface area contributed by atoms with Crippen molar-refractivity contribution in [3.8, 4) is 0 Å². The summed E-state index contributed by atoms with van der Waals surface area (Å²) in [5.74, 6) is -5.60.